The van der Waals surface area contributed by atoms with Crippen molar-refractivity contribution in [3.05, 3.63) is 47.8 Å². The van der Waals surface area contributed by atoms with E-state index in [0.717, 1.165) is 18.1 Å². The van der Waals surface area contributed by atoms with Crippen LogP contribution < -0.4 is 5.32 Å². The molecular weight excluding hydrogens is 212 g/mol. The van der Waals surface area contributed by atoms with Gasteiger partial charge in [-0.05, 0) is 25.1 Å². The summed E-state index contributed by atoms with van der Waals surface area (Å²) in [5.74, 6) is 1.02. The molecule has 2 heterocycles. The molecule has 1 N–H and O–H groups in total. The van der Waals surface area contributed by atoms with E-state index in [2.05, 4.69) is 28.3 Å². The molecule has 4 nitrogen and oxygen atoms in total. The number of aryl methyl sites for hydroxylation is 2. The van der Waals surface area contributed by atoms with Crippen LogP contribution in [0.3, 0.4) is 0 Å². The number of pyridine rings is 1. The average Bonchev–Trinajstić information content (AvgIpc) is 2.74. The van der Waals surface area contributed by atoms with Gasteiger partial charge in [-0.1, -0.05) is 13.0 Å². The minimum atomic E-state index is 0.105. The van der Waals surface area contributed by atoms with Gasteiger partial charge in [0.25, 0.3) is 0 Å². The number of hydrogen-bond acceptors (Lipinski definition) is 3. The van der Waals surface area contributed by atoms with Gasteiger partial charge >= 0.3 is 0 Å². The third-order valence-corrected chi connectivity index (χ3v) is 2.88. The van der Waals surface area contributed by atoms with E-state index in [1.807, 2.05) is 43.2 Å². The van der Waals surface area contributed by atoms with Gasteiger partial charge in [-0.2, -0.15) is 0 Å². The first-order valence-corrected chi connectivity index (χ1v) is 5.86. The lowest BCUT2D eigenvalue weighted by molar-refractivity contribution is 0.572. The summed E-state index contributed by atoms with van der Waals surface area (Å²) in [6.07, 6.45) is 5.61. The molecule has 0 saturated heterocycles. The summed E-state index contributed by atoms with van der Waals surface area (Å²) in [6, 6.07) is 4.17. The summed E-state index contributed by atoms with van der Waals surface area (Å²) < 4.78 is 2.04. The van der Waals surface area contributed by atoms with Crippen LogP contribution in [0.15, 0.2) is 30.7 Å². The van der Waals surface area contributed by atoms with Gasteiger partial charge in [0, 0.05) is 31.3 Å². The van der Waals surface area contributed by atoms with Crippen LogP contribution in [0.4, 0.5) is 0 Å². The lowest BCUT2D eigenvalue weighted by Gasteiger charge is -2.19. The fraction of sp³-hybridized carbons (Fsp3) is 0.385. The molecular formula is C13H18N4. The molecule has 0 spiro atoms. The van der Waals surface area contributed by atoms with Crippen LogP contribution in [-0.4, -0.2) is 21.1 Å². The van der Waals surface area contributed by atoms with Gasteiger partial charge in [0.05, 0.1) is 6.04 Å². The number of hydrogen-bond donors (Lipinski definition) is 1. The summed E-state index contributed by atoms with van der Waals surface area (Å²) >= 11 is 0. The Kier molecular flexibility index (Phi) is 3.54. The highest BCUT2D eigenvalue weighted by Crippen LogP contribution is 2.21. The number of aromatic nitrogens is 3. The van der Waals surface area contributed by atoms with Crippen LogP contribution in [0.25, 0.3) is 0 Å². The second-order valence-electron chi connectivity index (χ2n) is 4.07. The molecule has 0 aliphatic carbocycles. The van der Waals surface area contributed by atoms with Crippen molar-refractivity contribution >= 4 is 0 Å². The van der Waals surface area contributed by atoms with Gasteiger partial charge in [-0.25, -0.2) is 4.98 Å². The molecule has 0 radical (unpaired) electrons. The minimum absolute atomic E-state index is 0.105. The standard InChI is InChI=1S/C13H18N4/c1-4-14-12(13-16-8-9-17(13)3)11-6-5-7-15-10(11)2/h5-9,12,14H,4H2,1-3H3. The van der Waals surface area contributed by atoms with Gasteiger partial charge in [0.2, 0.25) is 0 Å². The van der Waals surface area contributed by atoms with Crippen molar-refractivity contribution in [3.63, 3.8) is 0 Å². The zero-order valence-electron chi connectivity index (χ0n) is 10.5. The Bertz CT molecular complexity index is 490. The predicted molar refractivity (Wildman–Crippen MR) is 67.7 cm³/mol. The van der Waals surface area contributed by atoms with Crippen LogP contribution in [0.2, 0.25) is 0 Å². The molecule has 0 fully saturated rings. The number of nitrogens with zero attached hydrogens (tertiary/aromatic N) is 3. The molecule has 90 valence electrons. The fourth-order valence-electron chi connectivity index (χ4n) is 2.00. The zero-order valence-corrected chi connectivity index (χ0v) is 10.5. The van der Waals surface area contributed by atoms with Crippen molar-refractivity contribution in [2.24, 2.45) is 7.05 Å². The monoisotopic (exact) mass is 230 g/mol. The van der Waals surface area contributed by atoms with E-state index in [0.29, 0.717) is 0 Å². The molecule has 1 unspecified atom stereocenters. The summed E-state index contributed by atoms with van der Waals surface area (Å²) in [5.41, 5.74) is 2.23. The Morgan fingerprint density at radius 3 is 2.76 bits per heavy atom. The molecule has 17 heavy (non-hydrogen) atoms. The van der Waals surface area contributed by atoms with Crippen molar-refractivity contribution in [1.82, 2.24) is 19.9 Å². The van der Waals surface area contributed by atoms with Gasteiger partial charge in [-0.3, -0.25) is 4.98 Å². The van der Waals surface area contributed by atoms with E-state index < -0.39 is 0 Å². The van der Waals surface area contributed by atoms with Crippen LogP contribution >= 0.6 is 0 Å². The molecule has 1 atom stereocenters. The highest BCUT2D eigenvalue weighted by Gasteiger charge is 2.18. The largest absolute Gasteiger partial charge is 0.336 e. The van der Waals surface area contributed by atoms with Crippen LogP contribution in [-0.2, 0) is 7.05 Å². The molecule has 0 amide bonds. The molecule has 2 aromatic rings. The summed E-state index contributed by atoms with van der Waals surface area (Å²) in [6.45, 7) is 5.02. The second-order valence-corrected chi connectivity index (χ2v) is 4.07. The Morgan fingerprint density at radius 1 is 1.35 bits per heavy atom. The van der Waals surface area contributed by atoms with Crippen molar-refractivity contribution in [1.29, 1.82) is 0 Å². The molecule has 0 saturated carbocycles. The van der Waals surface area contributed by atoms with Gasteiger partial charge in [0.1, 0.15) is 5.82 Å². The van der Waals surface area contributed by atoms with E-state index in [4.69, 9.17) is 0 Å². The van der Waals surface area contributed by atoms with Gasteiger partial charge < -0.3 is 9.88 Å². The van der Waals surface area contributed by atoms with E-state index in [1.165, 1.54) is 5.56 Å². The van der Waals surface area contributed by atoms with Crippen molar-refractivity contribution in [3.8, 4) is 0 Å². The van der Waals surface area contributed by atoms with Gasteiger partial charge in [-0.15, -0.1) is 0 Å². The van der Waals surface area contributed by atoms with E-state index >= 15 is 0 Å². The summed E-state index contributed by atoms with van der Waals surface area (Å²) in [5, 5.41) is 3.46. The lowest BCUT2D eigenvalue weighted by Crippen LogP contribution is -2.25. The lowest BCUT2D eigenvalue weighted by atomic mass is 10.0. The molecule has 0 aromatic carbocycles. The molecule has 0 aliphatic rings. The van der Waals surface area contributed by atoms with Crippen molar-refractivity contribution in [2.75, 3.05) is 6.54 Å². The van der Waals surface area contributed by atoms with E-state index in [-0.39, 0.29) is 6.04 Å². The number of nitrogens with one attached hydrogen (secondary N) is 1. The highest BCUT2D eigenvalue weighted by molar-refractivity contribution is 5.28. The van der Waals surface area contributed by atoms with E-state index in [9.17, 15) is 0 Å². The Balaban J connectivity index is 2.43. The maximum atomic E-state index is 4.42. The molecule has 4 heteroatoms. The van der Waals surface area contributed by atoms with Crippen molar-refractivity contribution < 1.29 is 0 Å². The maximum Gasteiger partial charge on any atom is 0.130 e. The molecule has 0 aliphatic heterocycles. The Labute approximate surface area is 102 Å². The minimum Gasteiger partial charge on any atom is -0.336 e. The second kappa shape index (κ2) is 5.10. The number of rotatable bonds is 4. The van der Waals surface area contributed by atoms with E-state index in [1.54, 1.807) is 0 Å². The Morgan fingerprint density at radius 2 is 2.18 bits per heavy atom. The number of imidazole rings is 1. The molecule has 2 rings (SSSR count). The third-order valence-electron chi connectivity index (χ3n) is 2.88. The third kappa shape index (κ3) is 2.36. The van der Waals surface area contributed by atoms with Crippen LogP contribution in [0.1, 0.15) is 30.0 Å². The quantitative estimate of drug-likeness (QED) is 0.871. The first-order chi connectivity index (χ1) is 8.24. The average molecular weight is 230 g/mol. The fourth-order valence-corrected chi connectivity index (χ4v) is 2.00. The SMILES string of the molecule is CCNC(c1cccnc1C)c1nccn1C. The topological polar surface area (TPSA) is 42.7 Å². The van der Waals surface area contributed by atoms with Crippen LogP contribution in [0, 0.1) is 6.92 Å². The Hall–Kier alpha value is -1.68. The maximum absolute atomic E-state index is 4.42. The summed E-state index contributed by atoms with van der Waals surface area (Å²) in [7, 11) is 2.01. The first-order valence-electron chi connectivity index (χ1n) is 5.86. The van der Waals surface area contributed by atoms with Crippen molar-refractivity contribution in [2.45, 2.75) is 19.9 Å². The molecule has 0 bridgehead atoms. The molecule has 2 aromatic heterocycles. The normalized spacial score (nSPS) is 12.6. The smallest absolute Gasteiger partial charge is 0.130 e. The van der Waals surface area contributed by atoms with Crippen LogP contribution in [0.5, 0.6) is 0 Å². The zero-order chi connectivity index (χ0) is 12.3. The first kappa shape index (κ1) is 11.8. The predicted octanol–water partition coefficient (Wildman–Crippen LogP) is 1.82. The van der Waals surface area contributed by atoms with Gasteiger partial charge in [0.15, 0.2) is 0 Å². The summed E-state index contributed by atoms with van der Waals surface area (Å²) in [4.78, 5) is 8.77. The highest BCUT2D eigenvalue weighted by atomic mass is 15.1.